The van der Waals surface area contributed by atoms with Gasteiger partial charge in [0.2, 0.25) is 0 Å². The van der Waals surface area contributed by atoms with Gasteiger partial charge in [0.1, 0.15) is 0 Å². The van der Waals surface area contributed by atoms with E-state index >= 15 is 0 Å². The predicted molar refractivity (Wildman–Crippen MR) is 84.4 cm³/mol. The van der Waals surface area contributed by atoms with Gasteiger partial charge in [0, 0.05) is 28.7 Å². The summed E-state index contributed by atoms with van der Waals surface area (Å²) in [5.74, 6) is 5.43. The second kappa shape index (κ2) is 5.71. The number of hydrogen-bond acceptors (Lipinski definition) is 6. The zero-order valence-corrected chi connectivity index (χ0v) is 12.2. The first kappa shape index (κ1) is 13.8. The van der Waals surface area contributed by atoms with Crippen LogP contribution >= 0.6 is 11.3 Å². The minimum Gasteiger partial charge on any atom is -0.363 e. The highest BCUT2D eigenvalue weighted by molar-refractivity contribution is 7.09. The number of nitro groups is 1. The highest BCUT2D eigenvalue weighted by Gasteiger charge is 2.30. The van der Waals surface area contributed by atoms with Gasteiger partial charge in [-0.15, -0.1) is 11.3 Å². The lowest BCUT2D eigenvalue weighted by molar-refractivity contribution is -0.384. The number of benzene rings is 1. The molecule has 6 nitrogen and oxygen atoms in total. The Morgan fingerprint density at radius 2 is 2.24 bits per heavy atom. The van der Waals surface area contributed by atoms with Gasteiger partial charge in [0.05, 0.1) is 17.2 Å². The van der Waals surface area contributed by atoms with Gasteiger partial charge in [-0.3, -0.25) is 16.0 Å². The number of anilines is 2. The van der Waals surface area contributed by atoms with Crippen molar-refractivity contribution in [1.82, 2.24) is 0 Å². The van der Waals surface area contributed by atoms with Gasteiger partial charge in [-0.05, 0) is 30.4 Å². The Kier molecular flexibility index (Phi) is 3.76. The molecule has 0 amide bonds. The molecule has 1 heterocycles. The lowest BCUT2D eigenvalue weighted by Gasteiger charge is -2.24. The molecule has 3 N–H and O–H groups in total. The Morgan fingerprint density at radius 3 is 2.81 bits per heavy atom. The third-order valence-corrected chi connectivity index (χ3v) is 4.37. The van der Waals surface area contributed by atoms with E-state index < -0.39 is 0 Å². The largest absolute Gasteiger partial charge is 0.363 e. The number of non-ortho nitro benzene ring substituents is 1. The lowest BCUT2D eigenvalue weighted by atomic mass is 10.2. The number of nitrogens with one attached hydrogen (secondary N) is 1. The van der Waals surface area contributed by atoms with Crippen LogP contribution in [0.15, 0.2) is 35.7 Å². The molecule has 0 saturated heterocycles. The summed E-state index contributed by atoms with van der Waals surface area (Å²) in [6, 6.07) is 9.48. The second-order valence-electron chi connectivity index (χ2n) is 5.08. The van der Waals surface area contributed by atoms with Crippen molar-refractivity contribution in [3.8, 4) is 0 Å². The smallest absolute Gasteiger partial charge is 0.273 e. The molecule has 1 fully saturated rings. The quantitative estimate of drug-likeness (QED) is 0.486. The summed E-state index contributed by atoms with van der Waals surface area (Å²) in [5, 5.41) is 13.1. The van der Waals surface area contributed by atoms with Crippen LogP contribution in [0.4, 0.5) is 17.1 Å². The van der Waals surface area contributed by atoms with E-state index in [-0.39, 0.29) is 10.6 Å². The number of rotatable bonds is 6. The Labute approximate surface area is 126 Å². The van der Waals surface area contributed by atoms with Crippen LogP contribution in [0.5, 0.6) is 0 Å². The lowest BCUT2D eigenvalue weighted by Crippen LogP contribution is -2.24. The number of nitrogens with two attached hydrogens (primary N) is 1. The van der Waals surface area contributed by atoms with E-state index in [1.165, 1.54) is 10.9 Å². The standard InChI is InChI=1S/C14H16N4O2S/c15-16-10-6-12(8-13(7-10)18(19)20)17(11-3-4-11)9-14-2-1-5-21-14/h1-2,5-8,11,16H,3-4,9,15H2. The van der Waals surface area contributed by atoms with E-state index in [2.05, 4.69) is 16.4 Å². The SMILES string of the molecule is NNc1cc(N(Cc2cccs2)C2CC2)cc([N+](=O)[O-])c1. The Bertz CT molecular complexity index is 640. The molecule has 0 atom stereocenters. The minimum atomic E-state index is -0.388. The molecule has 0 unspecified atom stereocenters. The Morgan fingerprint density at radius 1 is 1.43 bits per heavy atom. The summed E-state index contributed by atoms with van der Waals surface area (Å²) in [7, 11) is 0. The van der Waals surface area contributed by atoms with Crippen molar-refractivity contribution in [2.75, 3.05) is 10.3 Å². The van der Waals surface area contributed by atoms with Gasteiger partial charge in [-0.25, -0.2) is 0 Å². The first-order valence-corrected chi connectivity index (χ1v) is 7.60. The van der Waals surface area contributed by atoms with Crippen molar-refractivity contribution in [3.63, 3.8) is 0 Å². The molecule has 0 spiro atoms. The van der Waals surface area contributed by atoms with Crippen LogP contribution in [0.25, 0.3) is 0 Å². The number of hydrogen-bond donors (Lipinski definition) is 2. The van der Waals surface area contributed by atoms with Crippen LogP contribution in [0.3, 0.4) is 0 Å². The van der Waals surface area contributed by atoms with Gasteiger partial charge < -0.3 is 10.3 Å². The average Bonchev–Trinajstić information content (AvgIpc) is 3.20. The molecule has 7 heteroatoms. The fourth-order valence-corrected chi connectivity index (χ4v) is 3.04. The van der Waals surface area contributed by atoms with E-state index in [1.54, 1.807) is 17.4 Å². The van der Waals surface area contributed by atoms with E-state index in [9.17, 15) is 10.1 Å². The number of thiophene rings is 1. The highest BCUT2D eigenvalue weighted by atomic mass is 32.1. The summed E-state index contributed by atoms with van der Waals surface area (Å²) >= 11 is 1.70. The number of hydrazine groups is 1. The molecule has 0 radical (unpaired) electrons. The minimum absolute atomic E-state index is 0.0530. The third kappa shape index (κ3) is 3.14. The third-order valence-electron chi connectivity index (χ3n) is 3.51. The van der Waals surface area contributed by atoms with Crippen LogP contribution in [-0.2, 0) is 6.54 Å². The van der Waals surface area contributed by atoms with E-state index in [0.29, 0.717) is 11.7 Å². The van der Waals surface area contributed by atoms with Crippen molar-refractivity contribution < 1.29 is 4.92 Å². The molecule has 110 valence electrons. The first-order valence-electron chi connectivity index (χ1n) is 6.72. The van der Waals surface area contributed by atoms with Gasteiger partial charge in [0.25, 0.3) is 5.69 Å². The summed E-state index contributed by atoms with van der Waals surface area (Å²) < 4.78 is 0. The topological polar surface area (TPSA) is 84.4 Å². The Balaban J connectivity index is 1.94. The van der Waals surface area contributed by atoms with Crippen molar-refractivity contribution in [2.24, 2.45) is 5.84 Å². The van der Waals surface area contributed by atoms with Crippen molar-refractivity contribution in [2.45, 2.75) is 25.4 Å². The maximum atomic E-state index is 11.1. The summed E-state index contributed by atoms with van der Waals surface area (Å²) in [5.41, 5.74) is 3.95. The van der Waals surface area contributed by atoms with Crippen LogP contribution in [0.2, 0.25) is 0 Å². The fraction of sp³-hybridized carbons (Fsp3) is 0.286. The van der Waals surface area contributed by atoms with Gasteiger partial charge in [-0.2, -0.15) is 0 Å². The molecule has 21 heavy (non-hydrogen) atoms. The average molecular weight is 304 g/mol. The first-order chi connectivity index (χ1) is 10.2. The summed E-state index contributed by atoms with van der Waals surface area (Å²) in [6.45, 7) is 0.771. The Hall–Kier alpha value is -2.12. The van der Waals surface area contributed by atoms with Crippen molar-refractivity contribution >= 4 is 28.4 Å². The number of nitro benzene ring substituents is 1. The van der Waals surface area contributed by atoms with E-state index in [4.69, 9.17) is 5.84 Å². The van der Waals surface area contributed by atoms with Crippen LogP contribution in [0.1, 0.15) is 17.7 Å². The molecule has 0 aliphatic heterocycles. The van der Waals surface area contributed by atoms with E-state index in [1.807, 2.05) is 17.5 Å². The van der Waals surface area contributed by atoms with Crippen LogP contribution < -0.4 is 16.2 Å². The number of nitrogen functional groups attached to an aromatic ring is 1. The fourth-order valence-electron chi connectivity index (χ4n) is 2.34. The zero-order chi connectivity index (χ0) is 14.8. The van der Waals surface area contributed by atoms with Crippen LogP contribution in [-0.4, -0.2) is 11.0 Å². The van der Waals surface area contributed by atoms with Gasteiger partial charge in [0.15, 0.2) is 0 Å². The molecule has 2 aromatic rings. The maximum absolute atomic E-state index is 11.1. The zero-order valence-electron chi connectivity index (χ0n) is 11.4. The molecule has 1 saturated carbocycles. The molecule has 0 bridgehead atoms. The van der Waals surface area contributed by atoms with Gasteiger partial charge >= 0.3 is 0 Å². The molecular formula is C14H16N4O2S. The highest BCUT2D eigenvalue weighted by Crippen LogP contribution is 2.36. The molecule has 1 aliphatic rings. The van der Waals surface area contributed by atoms with Crippen LogP contribution in [0, 0.1) is 10.1 Å². The van der Waals surface area contributed by atoms with Crippen molar-refractivity contribution in [1.29, 1.82) is 0 Å². The summed E-state index contributed by atoms with van der Waals surface area (Å²) in [6.07, 6.45) is 2.25. The normalized spacial score (nSPS) is 14.0. The maximum Gasteiger partial charge on any atom is 0.273 e. The predicted octanol–water partition coefficient (Wildman–Crippen LogP) is 3.11. The molecular weight excluding hydrogens is 288 g/mol. The second-order valence-corrected chi connectivity index (χ2v) is 6.11. The monoisotopic (exact) mass is 304 g/mol. The molecule has 1 aromatic carbocycles. The number of nitrogens with zero attached hydrogens (tertiary/aromatic N) is 2. The molecule has 1 aromatic heterocycles. The van der Waals surface area contributed by atoms with E-state index in [0.717, 1.165) is 25.1 Å². The van der Waals surface area contributed by atoms with Crippen molar-refractivity contribution in [3.05, 3.63) is 50.7 Å². The molecule has 1 aliphatic carbocycles. The molecule has 3 rings (SSSR count). The van der Waals surface area contributed by atoms with Gasteiger partial charge in [-0.1, -0.05) is 6.07 Å². The summed E-state index contributed by atoms with van der Waals surface area (Å²) in [4.78, 5) is 14.1.